The number of amides is 1. The van der Waals surface area contributed by atoms with E-state index in [9.17, 15) is 4.79 Å². The lowest BCUT2D eigenvalue weighted by atomic mass is 9.86. The highest BCUT2D eigenvalue weighted by Crippen LogP contribution is 2.27. The summed E-state index contributed by atoms with van der Waals surface area (Å²) in [5, 5.41) is 6.91. The molecule has 5 heteroatoms. The molecule has 0 aromatic carbocycles. The van der Waals surface area contributed by atoms with Crippen LogP contribution in [0.1, 0.15) is 64.7 Å². The fourth-order valence-electron chi connectivity index (χ4n) is 4.10. The van der Waals surface area contributed by atoms with Crippen LogP contribution >= 0.6 is 0 Å². The Morgan fingerprint density at radius 2 is 1.88 bits per heavy atom. The normalized spacial score (nSPS) is 26.3. The molecule has 5 nitrogen and oxygen atoms in total. The molecule has 0 bridgehead atoms. The molecular formula is C19H34N4O. The first-order valence-corrected chi connectivity index (χ1v) is 10.1. The number of hydrogen-bond acceptors (Lipinski definition) is 2. The van der Waals surface area contributed by atoms with Gasteiger partial charge in [-0.2, -0.15) is 0 Å². The quantitative estimate of drug-likeness (QED) is 0.600. The average Bonchev–Trinajstić information content (AvgIpc) is 3.02. The summed E-state index contributed by atoms with van der Waals surface area (Å²) in [5.41, 5.74) is 0. The Balaban J connectivity index is 1.47. The van der Waals surface area contributed by atoms with Gasteiger partial charge in [0.25, 0.3) is 0 Å². The van der Waals surface area contributed by atoms with Crippen molar-refractivity contribution >= 4 is 11.9 Å². The van der Waals surface area contributed by atoms with E-state index in [1.165, 1.54) is 38.5 Å². The van der Waals surface area contributed by atoms with Gasteiger partial charge in [-0.3, -0.25) is 9.79 Å². The molecule has 1 aliphatic heterocycles. The lowest BCUT2D eigenvalue weighted by molar-refractivity contribution is -0.135. The van der Waals surface area contributed by atoms with Crippen LogP contribution in [0.2, 0.25) is 0 Å². The fourth-order valence-corrected chi connectivity index (χ4v) is 4.10. The highest BCUT2D eigenvalue weighted by atomic mass is 16.2. The van der Waals surface area contributed by atoms with E-state index in [-0.39, 0.29) is 5.92 Å². The van der Waals surface area contributed by atoms with E-state index in [1.807, 2.05) is 0 Å². The molecule has 1 heterocycles. The smallest absolute Gasteiger partial charge is 0.225 e. The van der Waals surface area contributed by atoms with Crippen molar-refractivity contribution in [3.63, 3.8) is 0 Å². The number of carbonyl (C=O) groups excluding carboxylic acids is 1. The van der Waals surface area contributed by atoms with Gasteiger partial charge in [0.1, 0.15) is 0 Å². The van der Waals surface area contributed by atoms with E-state index in [1.54, 1.807) is 0 Å². The maximum Gasteiger partial charge on any atom is 0.225 e. The molecule has 24 heavy (non-hydrogen) atoms. The Morgan fingerprint density at radius 3 is 2.54 bits per heavy atom. The Kier molecular flexibility index (Phi) is 6.38. The second-order valence-corrected chi connectivity index (χ2v) is 7.77. The zero-order chi connectivity index (χ0) is 16.8. The molecule has 2 saturated carbocycles. The number of aliphatic imine (C=N–C) groups is 1. The molecule has 3 rings (SSSR count). The summed E-state index contributed by atoms with van der Waals surface area (Å²) >= 11 is 0. The number of nitrogens with zero attached hydrogens (tertiary/aromatic N) is 2. The predicted octanol–water partition coefficient (Wildman–Crippen LogP) is 2.52. The predicted molar refractivity (Wildman–Crippen MR) is 98.0 cm³/mol. The summed E-state index contributed by atoms with van der Waals surface area (Å²) in [6.45, 7) is 5.66. The summed E-state index contributed by atoms with van der Waals surface area (Å²) in [6, 6.07) is 0.344. The summed E-state index contributed by atoms with van der Waals surface area (Å²) in [5.74, 6) is 2.41. The summed E-state index contributed by atoms with van der Waals surface area (Å²) in [6.07, 6.45) is 11.0. The van der Waals surface area contributed by atoms with Crippen molar-refractivity contribution in [3.05, 3.63) is 0 Å². The van der Waals surface area contributed by atoms with Gasteiger partial charge in [-0.15, -0.1) is 0 Å². The average molecular weight is 335 g/mol. The SMILES string of the molecule is CCNC(=NCC1CCC1)NC1CCN(C(=O)C2CCCCC2)C1. The van der Waals surface area contributed by atoms with Gasteiger partial charge in [-0.25, -0.2) is 0 Å². The minimum Gasteiger partial charge on any atom is -0.357 e. The van der Waals surface area contributed by atoms with E-state index >= 15 is 0 Å². The number of hydrogen-bond donors (Lipinski definition) is 2. The van der Waals surface area contributed by atoms with Crippen LogP contribution < -0.4 is 10.6 Å². The van der Waals surface area contributed by atoms with Crippen LogP contribution in [0.5, 0.6) is 0 Å². The molecule has 2 aliphatic carbocycles. The third-order valence-electron chi connectivity index (χ3n) is 5.87. The van der Waals surface area contributed by atoms with Crippen LogP contribution in [-0.2, 0) is 4.79 Å². The van der Waals surface area contributed by atoms with Gasteiger partial charge in [-0.1, -0.05) is 25.7 Å². The molecule has 3 fully saturated rings. The van der Waals surface area contributed by atoms with Crippen molar-refractivity contribution in [1.82, 2.24) is 15.5 Å². The van der Waals surface area contributed by atoms with Gasteiger partial charge in [0.05, 0.1) is 0 Å². The van der Waals surface area contributed by atoms with Crippen LogP contribution in [0.4, 0.5) is 0 Å². The number of carbonyl (C=O) groups is 1. The molecule has 0 spiro atoms. The molecule has 1 amide bonds. The minimum atomic E-state index is 0.290. The third kappa shape index (κ3) is 4.64. The maximum absolute atomic E-state index is 12.7. The van der Waals surface area contributed by atoms with Crippen molar-refractivity contribution in [3.8, 4) is 0 Å². The molecular weight excluding hydrogens is 300 g/mol. The van der Waals surface area contributed by atoms with Gasteiger partial charge in [0.15, 0.2) is 5.96 Å². The second-order valence-electron chi connectivity index (χ2n) is 7.77. The molecule has 0 radical (unpaired) electrons. The van der Waals surface area contributed by atoms with Gasteiger partial charge in [-0.05, 0) is 44.9 Å². The van der Waals surface area contributed by atoms with Crippen LogP contribution in [0, 0.1) is 11.8 Å². The molecule has 1 unspecified atom stereocenters. The van der Waals surface area contributed by atoms with Crippen LogP contribution in [0.3, 0.4) is 0 Å². The molecule has 136 valence electrons. The van der Waals surface area contributed by atoms with Gasteiger partial charge < -0.3 is 15.5 Å². The monoisotopic (exact) mass is 334 g/mol. The number of nitrogens with one attached hydrogen (secondary N) is 2. The number of guanidine groups is 1. The van der Waals surface area contributed by atoms with Crippen molar-refractivity contribution in [1.29, 1.82) is 0 Å². The maximum atomic E-state index is 12.7. The van der Waals surface area contributed by atoms with Crippen LogP contribution in [-0.4, -0.2) is 49.0 Å². The highest BCUT2D eigenvalue weighted by Gasteiger charge is 2.31. The van der Waals surface area contributed by atoms with Crippen molar-refractivity contribution in [2.45, 2.75) is 70.8 Å². The molecule has 3 aliphatic rings. The topological polar surface area (TPSA) is 56.7 Å². The highest BCUT2D eigenvalue weighted by molar-refractivity contribution is 5.81. The van der Waals surface area contributed by atoms with E-state index < -0.39 is 0 Å². The Morgan fingerprint density at radius 1 is 1.08 bits per heavy atom. The van der Waals surface area contributed by atoms with E-state index in [0.717, 1.165) is 57.3 Å². The van der Waals surface area contributed by atoms with Crippen LogP contribution in [0.15, 0.2) is 4.99 Å². The van der Waals surface area contributed by atoms with Gasteiger partial charge in [0.2, 0.25) is 5.91 Å². The molecule has 1 saturated heterocycles. The summed E-state index contributed by atoms with van der Waals surface area (Å²) < 4.78 is 0. The first kappa shape index (κ1) is 17.6. The largest absolute Gasteiger partial charge is 0.357 e. The van der Waals surface area contributed by atoms with Gasteiger partial charge >= 0.3 is 0 Å². The van der Waals surface area contributed by atoms with E-state index in [4.69, 9.17) is 4.99 Å². The fraction of sp³-hybridized carbons (Fsp3) is 0.895. The first-order chi connectivity index (χ1) is 11.8. The third-order valence-corrected chi connectivity index (χ3v) is 5.87. The molecule has 1 atom stereocenters. The number of rotatable bonds is 5. The Bertz CT molecular complexity index is 441. The Labute approximate surface area is 146 Å². The zero-order valence-electron chi connectivity index (χ0n) is 15.2. The molecule has 0 aromatic rings. The van der Waals surface area contributed by atoms with Gasteiger partial charge in [0, 0.05) is 38.1 Å². The minimum absolute atomic E-state index is 0.290. The van der Waals surface area contributed by atoms with E-state index in [0.29, 0.717) is 11.9 Å². The first-order valence-electron chi connectivity index (χ1n) is 10.1. The summed E-state index contributed by atoms with van der Waals surface area (Å²) in [4.78, 5) is 19.5. The molecule has 0 aromatic heterocycles. The Hall–Kier alpha value is -1.26. The lowest BCUT2D eigenvalue weighted by Gasteiger charge is -2.26. The molecule has 2 N–H and O–H groups in total. The van der Waals surface area contributed by atoms with Crippen molar-refractivity contribution in [2.75, 3.05) is 26.2 Å². The van der Waals surface area contributed by atoms with Crippen molar-refractivity contribution in [2.24, 2.45) is 16.8 Å². The lowest BCUT2D eigenvalue weighted by Crippen LogP contribution is -2.45. The summed E-state index contributed by atoms with van der Waals surface area (Å²) in [7, 11) is 0. The number of likely N-dealkylation sites (tertiary alicyclic amines) is 1. The van der Waals surface area contributed by atoms with Crippen LogP contribution in [0.25, 0.3) is 0 Å². The van der Waals surface area contributed by atoms with Crippen molar-refractivity contribution < 1.29 is 4.79 Å². The standard InChI is InChI=1S/C19H34N4O/c1-2-20-19(21-13-15-7-6-8-15)22-17-11-12-23(14-17)18(24)16-9-4-3-5-10-16/h15-17H,2-14H2,1H3,(H2,20,21,22). The second kappa shape index (κ2) is 8.72. The van der Waals surface area contributed by atoms with E-state index in [2.05, 4.69) is 22.5 Å². The zero-order valence-corrected chi connectivity index (χ0v) is 15.2.